The van der Waals surface area contributed by atoms with E-state index in [0.717, 1.165) is 22.3 Å². The van der Waals surface area contributed by atoms with Crippen LogP contribution in [0.4, 0.5) is 4.79 Å². The predicted molar refractivity (Wildman–Crippen MR) is 174 cm³/mol. The van der Waals surface area contributed by atoms with E-state index in [0.29, 0.717) is 47.9 Å². The summed E-state index contributed by atoms with van der Waals surface area (Å²) in [5, 5.41) is 4.10. The lowest BCUT2D eigenvalue weighted by molar-refractivity contribution is -0.120. The number of carbonyl (C=O) groups excluding carboxylic acids is 2. The van der Waals surface area contributed by atoms with Crippen molar-refractivity contribution in [1.29, 1.82) is 0 Å². The summed E-state index contributed by atoms with van der Waals surface area (Å²) in [4.78, 5) is 35.6. The summed E-state index contributed by atoms with van der Waals surface area (Å²) in [7, 11) is 0. The third kappa shape index (κ3) is 7.00. The topological polar surface area (TPSA) is 74.2 Å². The van der Waals surface area contributed by atoms with Gasteiger partial charge >= 0.3 is 6.03 Å². The van der Waals surface area contributed by atoms with E-state index in [4.69, 9.17) is 32.9 Å². The second kappa shape index (κ2) is 13.4. The number of carbonyl (C=O) groups is 2. The minimum Gasteiger partial charge on any atom is -0.493 e. The van der Waals surface area contributed by atoms with E-state index < -0.39 is 12.1 Å². The van der Waals surface area contributed by atoms with E-state index >= 15 is 0 Å². The molecule has 1 fully saturated rings. The lowest BCUT2D eigenvalue weighted by Gasteiger charge is -2.34. The Morgan fingerprint density at radius 1 is 0.977 bits per heavy atom. The average Bonchev–Trinajstić information content (AvgIpc) is 3.21. The first kappa shape index (κ1) is 32.4. The molecule has 7 nitrogen and oxygen atoms in total. The summed E-state index contributed by atoms with van der Waals surface area (Å²) < 4.78 is 6.12. The highest BCUT2D eigenvalue weighted by Crippen LogP contribution is 2.46. The number of nitrogens with one attached hydrogen (secondary N) is 1. The predicted octanol–water partition coefficient (Wildman–Crippen LogP) is 7.81. The van der Waals surface area contributed by atoms with Crippen molar-refractivity contribution in [2.45, 2.75) is 59.0 Å². The molecule has 3 amide bonds. The second-order valence-corrected chi connectivity index (χ2v) is 12.5. The molecule has 2 aliphatic heterocycles. The summed E-state index contributed by atoms with van der Waals surface area (Å²) in [6.07, 6.45) is 0.238. The zero-order chi connectivity index (χ0) is 30.0. The molecule has 0 unspecified atom stereocenters. The summed E-state index contributed by atoms with van der Waals surface area (Å²) in [5.41, 5.74) is 3.51. The number of ether oxygens (including phenoxy) is 1. The number of halogens is 2. The van der Waals surface area contributed by atoms with E-state index in [1.54, 1.807) is 9.80 Å². The van der Waals surface area contributed by atoms with E-state index in [-0.39, 0.29) is 31.2 Å². The molecule has 9 heteroatoms. The van der Waals surface area contributed by atoms with Crippen molar-refractivity contribution in [3.05, 3.63) is 99.0 Å². The van der Waals surface area contributed by atoms with Crippen molar-refractivity contribution in [1.82, 2.24) is 15.1 Å². The van der Waals surface area contributed by atoms with Gasteiger partial charge in [-0.3, -0.25) is 14.7 Å². The van der Waals surface area contributed by atoms with Gasteiger partial charge in [-0.05, 0) is 65.4 Å². The Kier molecular flexibility index (Phi) is 10.1. The van der Waals surface area contributed by atoms with Crippen molar-refractivity contribution < 1.29 is 14.3 Å². The lowest BCUT2D eigenvalue weighted by atomic mass is 9.86. The molecule has 3 aromatic rings. The molecule has 2 aliphatic rings. The number of hydrogen-bond donors (Lipinski definition) is 1. The highest BCUT2D eigenvalue weighted by Gasteiger charge is 2.45. The van der Waals surface area contributed by atoms with Crippen molar-refractivity contribution in [2.75, 3.05) is 26.2 Å². The van der Waals surface area contributed by atoms with Crippen LogP contribution in [0.15, 0.2) is 71.7 Å². The quantitative estimate of drug-likeness (QED) is 0.315. The van der Waals surface area contributed by atoms with Crippen LogP contribution in [-0.2, 0) is 10.2 Å². The maximum atomic E-state index is 14.6. The van der Waals surface area contributed by atoms with E-state index in [1.807, 2.05) is 61.5 Å². The first-order valence-corrected chi connectivity index (χ1v) is 15.0. The fourth-order valence-electron chi connectivity index (χ4n) is 5.42. The van der Waals surface area contributed by atoms with Gasteiger partial charge in [0.1, 0.15) is 17.6 Å². The maximum absolute atomic E-state index is 14.6. The van der Waals surface area contributed by atoms with Crippen LogP contribution in [-0.4, -0.2) is 53.8 Å². The monoisotopic (exact) mass is 622 g/mol. The Bertz CT molecular complexity index is 1480. The molecule has 0 bridgehead atoms. The molecule has 43 heavy (non-hydrogen) atoms. The molecule has 228 valence electrons. The van der Waals surface area contributed by atoms with Crippen LogP contribution in [0.1, 0.15) is 75.9 Å². The number of aliphatic imine (C=N–C) groups is 1. The smallest absolute Gasteiger partial charge is 0.326 e. The van der Waals surface area contributed by atoms with Crippen LogP contribution < -0.4 is 10.1 Å². The van der Waals surface area contributed by atoms with Gasteiger partial charge in [-0.1, -0.05) is 81.7 Å². The minimum absolute atomic E-state index is 0. The SMILES string of the molecule is C.CCOc1ccc(C(C)(C)C)cc1C1=N[C@@H](c2ccc(Cl)cc2)[C@@H](c2ccc(Cl)cc2)N1C(=O)N1CCNC(=O)CC1. The van der Waals surface area contributed by atoms with Crippen LogP contribution in [0.25, 0.3) is 0 Å². The summed E-state index contributed by atoms with van der Waals surface area (Å²) in [6.45, 7) is 9.96. The zero-order valence-electron chi connectivity index (χ0n) is 24.4. The van der Waals surface area contributed by atoms with Crippen LogP contribution in [0.5, 0.6) is 5.75 Å². The number of hydrogen-bond acceptors (Lipinski definition) is 4. The van der Waals surface area contributed by atoms with Crippen molar-refractivity contribution in [3.8, 4) is 5.75 Å². The van der Waals surface area contributed by atoms with Crippen molar-refractivity contribution in [3.63, 3.8) is 0 Å². The number of amidine groups is 1. The number of nitrogens with zero attached hydrogens (tertiary/aromatic N) is 3. The van der Waals surface area contributed by atoms with Gasteiger partial charge in [0.2, 0.25) is 5.91 Å². The Labute approximate surface area is 264 Å². The molecule has 5 rings (SSSR count). The van der Waals surface area contributed by atoms with Gasteiger partial charge < -0.3 is 15.0 Å². The van der Waals surface area contributed by atoms with Crippen molar-refractivity contribution in [2.24, 2.45) is 4.99 Å². The number of urea groups is 1. The molecule has 0 radical (unpaired) electrons. The van der Waals surface area contributed by atoms with Crippen LogP contribution in [0.3, 0.4) is 0 Å². The Hall–Kier alpha value is -3.55. The standard InChI is InChI=1S/C33H36Cl2N4O3.CH4/c1-5-42-27-15-10-23(33(2,3)4)20-26(27)31-37-29(21-6-11-24(34)12-7-21)30(22-8-13-25(35)14-9-22)39(31)32(41)38-18-16-28(40)36-17-19-38;/h6-15,20,29-30H,5,16-19H2,1-4H3,(H,36,40);1H4/t29-,30+;/m0./s1. The highest BCUT2D eigenvalue weighted by molar-refractivity contribution is 6.30. The minimum atomic E-state index is -0.481. The van der Waals surface area contributed by atoms with E-state index in [2.05, 4.69) is 38.2 Å². The highest BCUT2D eigenvalue weighted by atomic mass is 35.5. The van der Waals surface area contributed by atoms with Gasteiger partial charge in [0.15, 0.2) is 0 Å². The third-order valence-corrected chi connectivity index (χ3v) is 8.17. The molecule has 0 saturated carbocycles. The summed E-state index contributed by atoms with van der Waals surface area (Å²) in [6, 6.07) is 20.1. The molecule has 1 N–H and O–H groups in total. The average molecular weight is 624 g/mol. The summed E-state index contributed by atoms with van der Waals surface area (Å²) >= 11 is 12.6. The maximum Gasteiger partial charge on any atom is 0.326 e. The summed E-state index contributed by atoms with van der Waals surface area (Å²) in [5.74, 6) is 1.12. The first-order valence-electron chi connectivity index (χ1n) is 14.3. The van der Waals surface area contributed by atoms with Crippen LogP contribution in [0, 0.1) is 0 Å². The Morgan fingerprint density at radius 2 is 1.60 bits per heavy atom. The molecule has 2 atom stereocenters. The molecular formula is C34H40Cl2N4O3. The van der Waals surface area contributed by atoms with Crippen molar-refractivity contribution >= 4 is 41.0 Å². The molecule has 1 saturated heterocycles. The zero-order valence-corrected chi connectivity index (χ0v) is 25.9. The van der Waals surface area contributed by atoms with Crippen LogP contribution >= 0.6 is 23.2 Å². The number of rotatable bonds is 5. The molecule has 0 aromatic heterocycles. The van der Waals surface area contributed by atoms with Gasteiger partial charge in [-0.15, -0.1) is 0 Å². The molecule has 0 spiro atoms. The van der Waals surface area contributed by atoms with Gasteiger partial charge in [0.25, 0.3) is 0 Å². The van der Waals surface area contributed by atoms with E-state index in [9.17, 15) is 9.59 Å². The van der Waals surface area contributed by atoms with Gasteiger partial charge in [0.05, 0.1) is 18.2 Å². The molecule has 0 aliphatic carbocycles. The van der Waals surface area contributed by atoms with Gasteiger partial charge in [-0.2, -0.15) is 0 Å². The van der Waals surface area contributed by atoms with Gasteiger partial charge in [-0.25, -0.2) is 4.79 Å². The Morgan fingerprint density at radius 3 is 2.21 bits per heavy atom. The fraction of sp³-hybridized carbons (Fsp3) is 0.382. The van der Waals surface area contributed by atoms with E-state index in [1.165, 1.54) is 0 Å². The third-order valence-electron chi connectivity index (χ3n) is 7.67. The first-order chi connectivity index (χ1) is 20.1. The normalized spacial score (nSPS) is 18.8. The fourth-order valence-corrected chi connectivity index (χ4v) is 5.67. The van der Waals surface area contributed by atoms with Gasteiger partial charge in [0, 0.05) is 36.1 Å². The molecular weight excluding hydrogens is 583 g/mol. The number of benzene rings is 3. The molecule has 2 heterocycles. The largest absolute Gasteiger partial charge is 0.493 e. The van der Waals surface area contributed by atoms with Crippen LogP contribution in [0.2, 0.25) is 10.0 Å². The second-order valence-electron chi connectivity index (χ2n) is 11.6. The lowest BCUT2D eigenvalue weighted by Crippen LogP contribution is -2.47. The Balaban J connectivity index is 0.00000423. The molecule has 3 aromatic carbocycles. The number of amides is 3.